The minimum atomic E-state index is -0.282. The molecule has 2 aromatic carbocycles. The van der Waals surface area contributed by atoms with E-state index in [1.54, 1.807) is 24.3 Å². The predicted molar refractivity (Wildman–Crippen MR) is 109 cm³/mol. The third-order valence-electron chi connectivity index (χ3n) is 3.81. The molecule has 0 aromatic heterocycles. The van der Waals surface area contributed by atoms with E-state index in [0.29, 0.717) is 11.1 Å². The van der Waals surface area contributed by atoms with Crippen LogP contribution in [0.4, 0.5) is 5.69 Å². The van der Waals surface area contributed by atoms with Crippen molar-refractivity contribution in [2.45, 2.75) is 6.92 Å². The lowest BCUT2D eigenvalue weighted by Gasteiger charge is -2.12. The lowest BCUT2D eigenvalue weighted by molar-refractivity contribution is 0.0659. The Labute approximate surface area is 163 Å². The molecule has 7 heteroatoms. The minimum absolute atomic E-state index is 0. The van der Waals surface area contributed by atoms with Crippen molar-refractivity contribution in [1.29, 1.82) is 0 Å². The van der Waals surface area contributed by atoms with Crippen LogP contribution in [-0.2, 0) is 0 Å². The number of nitrogens with two attached hydrogens (primary N) is 1. The van der Waals surface area contributed by atoms with Crippen LogP contribution in [-0.4, -0.2) is 35.8 Å². The average molecular weight is 450 g/mol. The van der Waals surface area contributed by atoms with E-state index in [9.17, 15) is 9.59 Å². The summed E-state index contributed by atoms with van der Waals surface area (Å²) in [5.74, 6) is -0.317. The number of benzene rings is 2. The van der Waals surface area contributed by atoms with Gasteiger partial charge >= 0.3 is 0 Å². The molecule has 0 saturated carbocycles. The number of halogens is 1. The summed E-state index contributed by atoms with van der Waals surface area (Å²) in [5, 5.41) is 2.97. The van der Waals surface area contributed by atoms with Gasteiger partial charge in [0.25, 0.3) is 11.8 Å². The van der Waals surface area contributed by atoms with E-state index in [0.717, 1.165) is 11.3 Å². The Morgan fingerprint density at radius 2 is 1.60 bits per heavy atom. The van der Waals surface area contributed by atoms with Crippen LogP contribution in [0.15, 0.2) is 53.5 Å². The van der Waals surface area contributed by atoms with Crippen molar-refractivity contribution in [1.82, 2.24) is 4.90 Å². The molecule has 0 aliphatic carbocycles. The third kappa shape index (κ3) is 4.16. The summed E-state index contributed by atoms with van der Waals surface area (Å²) < 4.78 is 0. The lowest BCUT2D eigenvalue weighted by atomic mass is 10.1. The molecule has 130 valence electrons. The Morgan fingerprint density at radius 3 is 2.16 bits per heavy atom. The summed E-state index contributed by atoms with van der Waals surface area (Å²) in [7, 11) is 0. The second-order valence-corrected chi connectivity index (χ2v) is 5.57. The van der Waals surface area contributed by atoms with Gasteiger partial charge in [-0.2, -0.15) is 0 Å². The summed E-state index contributed by atoms with van der Waals surface area (Å²) in [6, 6.07) is 14.6. The number of amides is 2. The smallest absolute Gasteiger partial charge is 0.261 e. The number of fused-ring (bicyclic) bond motifs is 1. The first-order valence-corrected chi connectivity index (χ1v) is 7.65. The topological polar surface area (TPSA) is 87.8 Å². The standard InChI is InChI=1S/C18H18N4O2.HI/c1-12-6-8-13(9-7-12)21-18(19)20-10-11-22-16(23)14-4-2-3-5-15(14)17(22)24;/h2-9H,10-11H2,1H3,(H3,19,20,21);1H. The van der Waals surface area contributed by atoms with Gasteiger partial charge in [-0.05, 0) is 31.2 Å². The van der Waals surface area contributed by atoms with E-state index in [1.807, 2.05) is 31.2 Å². The van der Waals surface area contributed by atoms with Crippen molar-refractivity contribution in [3.05, 3.63) is 65.2 Å². The molecule has 0 radical (unpaired) electrons. The molecular weight excluding hydrogens is 431 g/mol. The Bertz CT molecular complexity index is 783. The molecule has 6 nitrogen and oxygen atoms in total. The predicted octanol–water partition coefficient (Wildman–Crippen LogP) is 2.64. The van der Waals surface area contributed by atoms with Gasteiger partial charge in [0.1, 0.15) is 0 Å². The van der Waals surface area contributed by atoms with E-state index in [2.05, 4.69) is 10.3 Å². The maximum Gasteiger partial charge on any atom is 0.261 e. The molecular formula is C18H19IN4O2. The van der Waals surface area contributed by atoms with Crippen molar-refractivity contribution >= 4 is 47.4 Å². The van der Waals surface area contributed by atoms with E-state index in [1.165, 1.54) is 4.90 Å². The Morgan fingerprint density at radius 1 is 1.04 bits per heavy atom. The number of hydrogen-bond acceptors (Lipinski definition) is 3. The van der Waals surface area contributed by atoms with Gasteiger partial charge in [0.05, 0.1) is 17.7 Å². The molecule has 1 heterocycles. The molecule has 25 heavy (non-hydrogen) atoms. The molecule has 1 aliphatic rings. The van der Waals surface area contributed by atoms with Gasteiger partial charge in [-0.25, -0.2) is 0 Å². The van der Waals surface area contributed by atoms with Crippen molar-refractivity contribution in [3.63, 3.8) is 0 Å². The first-order valence-electron chi connectivity index (χ1n) is 7.65. The quantitative estimate of drug-likeness (QED) is 0.325. The van der Waals surface area contributed by atoms with Crippen molar-refractivity contribution < 1.29 is 9.59 Å². The Balaban J connectivity index is 0.00000225. The summed E-state index contributed by atoms with van der Waals surface area (Å²) in [4.78, 5) is 29.8. The van der Waals surface area contributed by atoms with Crippen molar-refractivity contribution in [3.8, 4) is 0 Å². The van der Waals surface area contributed by atoms with Gasteiger partial charge in [0.15, 0.2) is 5.96 Å². The third-order valence-corrected chi connectivity index (χ3v) is 3.81. The fraction of sp³-hybridized carbons (Fsp3) is 0.167. The molecule has 3 N–H and O–H groups in total. The largest absolute Gasteiger partial charge is 0.370 e. The number of aryl methyl sites for hydroxylation is 1. The fourth-order valence-corrected chi connectivity index (χ4v) is 2.54. The molecule has 0 fully saturated rings. The van der Waals surface area contributed by atoms with Gasteiger partial charge in [-0.15, -0.1) is 24.0 Å². The van der Waals surface area contributed by atoms with Crippen LogP contribution in [0.1, 0.15) is 26.3 Å². The number of imide groups is 1. The number of nitrogens with one attached hydrogen (secondary N) is 1. The number of nitrogens with zero attached hydrogens (tertiary/aromatic N) is 2. The molecule has 0 atom stereocenters. The lowest BCUT2D eigenvalue weighted by Crippen LogP contribution is -2.33. The number of anilines is 1. The zero-order valence-corrected chi connectivity index (χ0v) is 16.1. The maximum atomic E-state index is 12.2. The Kier molecular flexibility index (Phi) is 6.13. The van der Waals surface area contributed by atoms with Crippen LogP contribution in [0, 0.1) is 6.92 Å². The highest BCUT2D eigenvalue weighted by Gasteiger charge is 2.34. The molecule has 2 amide bonds. The van der Waals surface area contributed by atoms with Crippen LogP contribution < -0.4 is 11.1 Å². The highest BCUT2D eigenvalue weighted by atomic mass is 127. The second kappa shape index (κ2) is 8.11. The van der Waals surface area contributed by atoms with Gasteiger partial charge in [-0.1, -0.05) is 29.8 Å². The van der Waals surface area contributed by atoms with E-state index in [4.69, 9.17) is 5.73 Å². The van der Waals surface area contributed by atoms with Gasteiger partial charge < -0.3 is 11.1 Å². The van der Waals surface area contributed by atoms with Crippen molar-refractivity contribution in [2.75, 3.05) is 18.4 Å². The summed E-state index contributed by atoms with van der Waals surface area (Å²) in [6.45, 7) is 2.45. The normalized spacial score (nSPS) is 13.5. The maximum absolute atomic E-state index is 12.2. The number of guanidine groups is 1. The first kappa shape index (κ1) is 18.9. The number of hydrogen-bond donors (Lipinski definition) is 2. The highest BCUT2D eigenvalue weighted by Crippen LogP contribution is 2.21. The van der Waals surface area contributed by atoms with Crippen molar-refractivity contribution in [2.24, 2.45) is 10.7 Å². The SMILES string of the molecule is Cc1ccc(NC(N)=NCCN2C(=O)c3ccccc3C2=O)cc1.I. The number of carbonyl (C=O) groups is 2. The number of carbonyl (C=O) groups excluding carboxylic acids is 2. The van der Waals surface area contributed by atoms with Crippen LogP contribution in [0.5, 0.6) is 0 Å². The van der Waals surface area contributed by atoms with Gasteiger partial charge in [0, 0.05) is 12.2 Å². The molecule has 0 unspecified atom stereocenters. The Hall–Kier alpha value is -2.42. The summed E-state index contributed by atoms with van der Waals surface area (Å²) >= 11 is 0. The van der Waals surface area contributed by atoms with Crippen LogP contribution in [0.25, 0.3) is 0 Å². The van der Waals surface area contributed by atoms with Crippen LogP contribution >= 0.6 is 24.0 Å². The second-order valence-electron chi connectivity index (χ2n) is 5.57. The van der Waals surface area contributed by atoms with E-state index in [-0.39, 0.29) is 54.8 Å². The average Bonchev–Trinajstić information content (AvgIpc) is 2.82. The molecule has 0 saturated heterocycles. The minimum Gasteiger partial charge on any atom is -0.370 e. The van der Waals surface area contributed by atoms with Crippen LogP contribution in [0.3, 0.4) is 0 Å². The highest BCUT2D eigenvalue weighted by molar-refractivity contribution is 14.0. The molecule has 0 spiro atoms. The molecule has 0 bridgehead atoms. The first-order chi connectivity index (χ1) is 11.6. The zero-order valence-electron chi connectivity index (χ0n) is 13.7. The number of aliphatic imine (C=N–C) groups is 1. The number of rotatable bonds is 4. The van der Waals surface area contributed by atoms with Gasteiger partial charge in [0.2, 0.25) is 0 Å². The molecule has 2 aromatic rings. The molecule has 1 aliphatic heterocycles. The zero-order chi connectivity index (χ0) is 17.1. The molecule has 3 rings (SSSR count). The monoisotopic (exact) mass is 450 g/mol. The summed E-state index contributed by atoms with van der Waals surface area (Å²) in [6.07, 6.45) is 0. The van der Waals surface area contributed by atoms with E-state index < -0.39 is 0 Å². The van der Waals surface area contributed by atoms with Gasteiger partial charge in [-0.3, -0.25) is 19.5 Å². The summed E-state index contributed by atoms with van der Waals surface area (Å²) in [5.41, 5.74) is 8.71. The van der Waals surface area contributed by atoms with E-state index >= 15 is 0 Å². The fourth-order valence-electron chi connectivity index (χ4n) is 2.54. The van der Waals surface area contributed by atoms with Crippen LogP contribution in [0.2, 0.25) is 0 Å².